The molecule has 36 heavy (non-hydrogen) atoms. The molecule has 2 N–H and O–H groups in total. The number of nitrogens with one attached hydrogen (secondary N) is 1. The number of nitrogens with zero attached hydrogens (tertiary/aromatic N) is 5. The number of hydrogen-bond acceptors (Lipinski definition) is 7. The maximum atomic E-state index is 15.4. The minimum atomic E-state index is -0.972. The third-order valence-corrected chi connectivity index (χ3v) is 7.68. The van der Waals surface area contributed by atoms with Crippen LogP contribution in [-0.4, -0.2) is 55.2 Å². The SMILES string of the molecule is Cn1c(F)cc(-c2ccc(-c3ncc(N(C4CC4)[C@@H]4C[C@@H]5CCC[C@@H](N5)[C@@H]4F)nn3)c(O)c2)cc1=O. The third kappa shape index (κ3) is 4.13. The molecule has 0 unspecified atom stereocenters. The van der Waals surface area contributed by atoms with E-state index in [-0.39, 0.29) is 29.7 Å². The second-order valence-electron chi connectivity index (χ2n) is 10.1. The Morgan fingerprint density at radius 3 is 2.64 bits per heavy atom. The van der Waals surface area contributed by atoms with Crippen molar-refractivity contribution in [3.8, 4) is 28.3 Å². The highest BCUT2D eigenvalue weighted by Gasteiger charge is 2.46. The van der Waals surface area contributed by atoms with Gasteiger partial charge in [-0.3, -0.25) is 9.36 Å². The molecule has 4 atom stereocenters. The Balaban J connectivity index is 1.26. The van der Waals surface area contributed by atoms with Gasteiger partial charge in [-0.2, -0.15) is 4.39 Å². The first-order valence-corrected chi connectivity index (χ1v) is 12.5. The maximum Gasteiger partial charge on any atom is 0.253 e. The van der Waals surface area contributed by atoms with Crippen molar-refractivity contribution in [2.75, 3.05) is 4.90 Å². The van der Waals surface area contributed by atoms with E-state index in [1.54, 1.807) is 18.3 Å². The number of phenolic OH excluding ortho intramolecular Hbond substituents is 1. The van der Waals surface area contributed by atoms with E-state index in [0.29, 0.717) is 28.6 Å². The minimum absolute atomic E-state index is 0.113. The summed E-state index contributed by atoms with van der Waals surface area (Å²) >= 11 is 0. The van der Waals surface area contributed by atoms with Crippen LogP contribution in [0, 0.1) is 5.95 Å². The summed E-state index contributed by atoms with van der Waals surface area (Å²) in [6.45, 7) is 0. The van der Waals surface area contributed by atoms with E-state index < -0.39 is 17.7 Å². The first kappa shape index (κ1) is 23.0. The zero-order valence-corrected chi connectivity index (χ0v) is 19.9. The number of anilines is 1. The summed E-state index contributed by atoms with van der Waals surface area (Å²) in [5.41, 5.74) is 0.729. The van der Waals surface area contributed by atoms with E-state index in [2.05, 4.69) is 25.4 Å². The zero-order chi connectivity index (χ0) is 25.0. The van der Waals surface area contributed by atoms with Crippen molar-refractivity contribution in [2.45, 2.75) is 68.9 Å². The predicted molar refractivity (Wildman–Crippen MR) is 131 cm³/mol. The van der Waals surface area contributed by atoms with Gasteiger partial charge in [0.1, 0.15) is 11.9 Å². The van der Waals surface area contributed by atoms with Crippen LogP contribution >= 0.6 is 0 Å². The van der Waals surface area contributed by atoms with Crippen molar-refractivity contribution in [1.82, 2.24) is 25.1 Å². The van der Waals surface area contributed by atoms with Crippen molar-refractivity contribution < 1.29 is 13.9 Å². The van der Waals surface area contributed by atoms with Gasteiger partial charge in [-0.05, 0) is 61.4 Å². The first-order valence-electron chi connectivity index (χ1n) is 12.5. The maximum absolute atomic E-state index is 15.4. The molecule has 188 valence electrons. The van der Waals surface area contributed by atoms with Crippen molar-refractivity contribution in [3.63, 3.8) is 0 Å². The molecule has 2 saturated heterocycles. The van der Waals surface area contributed by atoms with Crippen molar-refractivity contribution in [2.24, 2.45) is 7.05 Å². The second-order valence-corrected chi connectivity index (χ2v) is 10.1. The summed E-state index contributed by atoms with van der Waals surface area (Å²) in [4.78, 5) is 18.5. The molecule has 1 aliphatic carbocycles. The fraction of sp³-hybridized carbons (Fsp3) is 0.462. The summed E-state index contributed by atoms with van der Waals surface area (Å²) in [6.07, 6.45) is 6.36. The molecule has 3 aromatic rings. The number of phenols is 1. The van der Waals surface area contributed by atoms with Gasteiger partial charge in [-0.15, -0.1) is 10.2 Å². The van der Waals surface area contributed by atoms with Gasteiger partial charge >= 0.3 is 0 Å². The highest BCUT2D eigenvalue weighted by Crippen LogP contribution is 2.39. The molecule has 1 saturated carbocycles. The molecular formula is C26H28F2N6O2. The topological polar surface area (TPSA) is 96.2 Å². The average molecular weight is 495 g/mol. The predicted octanol–water partition coefficient (Wildman–Crippen LogP) is 3.34. The van der Waals surface area contributed by atoms with Crippen molar-refractivity contribution in [3.05, 3.63) is 52.8 Å². The number of hydrogen-bond donors (Lipinski definition) is 2. The van der Waals surface area contributed by atoms with E-state index in [1.807, 2.05) is 0 Å². The number of rotatable bonds is 5. The molecule has 0 amide bonds. The number of aromatic hydroxyl groups is 1. The highest BCUT2D eigenvalue weighted by molar-refractivity contribution is 5.72. The Bertz CT molecular complexity index is 1340. The summed E-state index contributed by atoms with van der Waals surface area (Å²) in [5.74, 6) is 0.00255. The minimum Gasteiger partial charge on any atom is -0.507 e. The number of pyridine rings is 1. The number of halogens is 2. The number of aromatic nitrogens is 4. The largest absolute Gasteiger partial charge is 0.507 e. The summed E-state index contributed by atoms with van der Waals surface area (Å²) in [6, 6.07) is 7.49. The van der Waals surface area contributed by atoms with Gasteiger partial charge in [0.05, 0.1) is 17.8 Å². The van der Waals surface area contributed by atoms with Crippen LogP contribution in [0.5, 0.6) is 5.75 Å². The lowest BCUT2D eigenvalue weighted by Crippen LogP contribution is -2.62. The summed E-state index contributed by atoms with van der Waals surface area (Å²) in [7, 11) is 1.35. The molecule has 0 spiro atoms. The van der Waals surface area contributed by atoms with Crippen molar-refractivity contribution in [1.29, 1.82) is 0 Å². The van der Waals surface area contributed by atoms with Gasteiger partial charge in [0.2, 0.25) is 0 Å². The van der Waals surface area contributed by atoms with Crippen LogP contribution < -0.4 is 15.8 Å². The molecule has 1 aromatic carbocycles. The molecule has 3 fully saturated rings. The number of piperidine rings is 2. The highest BCUT2D eigenvalue weighted by atomic mass is 19.1. The second kappa shape index (κ2) is 8.92. The van der Waals surface area contributed by atoms with Gasteiger partial charge in [0.25, 0.3) is 5.56 Å². The number of alkyl halides is 1. The molecular weight excluding hydrogens is 466 g/mol. The molecule has 0 radical (unpaired) electrons. The van der Waals surface area contributed by atoms with Crippen molar-refractivity contribution >= 4 is 5.82 Å². The van der Waals surface area contributed by atoms with Crippen LogP contribution in [0.1, 0.15) is 38.5 Å². The lowest BCUT2D eigenvalue weighted by atomic mass is 9.82. The third-order valence-electron chi connectivity index (χ3n) is 7.68. The van der Waals surface area contributed by atoms with Gasteiger partial charge in [-0.25, -0.2) is 9.37 Å². The Morgan fingerprint density at radius 1 is 1.11 bits per heavy atom. The van der Waals surface area contributed by atoms with Crippen LogP contribution in [0.4, 0.5) is 14.6 Å². The van der Waals surface area contributed by atoms with Gasteiger partial charge in [0, 0.05) is 31.2 Å². The summed E-state index contributed by atoms with van der Waals surface area (Å²) in [5, 5.41) is 22.8. The van der Waals surface area contributed by atoms with Crippen LogP contribution in [-0.2, 0) is 7.05 Å². The van der Waals surface area contributed by atoms with Gasteiger partial charge in [-0.1, -0.05) is 12.5 Å². The normalized spacial score (nSPS) is 25.5. The van der Waals surface area contributed by atoms with Gasteiger partial charge < -0.3 is 15.3 Å². The molecule has 2 bridgehead atoms. The van der Waals surface area contributed by atoms with Gasteiger partial charge in [0.15, 0.2) is 17.6 Å². The Kier molecular flexibility index (Phi) is 5.70. The Morgan fingerprint density at radius 2 is 1.94 bits per heavy atom. The average Bonchev–Trinajstić information content (AvgIpc) is 3.71. The standard InChI is InChI=1S/C26H28F2N6O2/c1-33-22(27)10-15(11-24(33)36)14-5-8-18(21(35)9-14)26-29-13-23(31-32-26)34(17-6-7-17)20-12-16-3-2-4-19(30-16)25(20)28/h5,8-11,13,16-17,19-20,25,30,35H,2-4,6-7,12H2,1H3/t16-,19+,20+,25-/m0/s1. The molecule has 10 heteroatoms. The molecule has 2 aliphatic heterocycles. The fourth-order valence-electron chi connectivity index (χ4n) is 5.61. The fourth-order valence-corrected chi connectivity index (χ4v) is 5.61. The first-order chi connectivity index (χ1) is 17.4. The van der Waals surface area contributed by atoms with E-state index in [0.717, 1.165) is 43.1 Å². The van der Waals surface area contributed by atoms with E-state index >= 15 is 4.39 Å². The van der Waals surface area contributed by atoms with Crippen LogP contribution in [0.25, 0.3) is 22.5 Å². The molecule has 2 aromatic heterocycles. The van der Waals surface area contributed by atoms with Crippen LogP contribution in [0.3, 0.4) is 0 Å². The molecule has 3 aliphatic rings. The lowest BCUT2D eigenvalue weighted by Gasteiger charge is -2.47. The monoisotopic (exact) mass is 494 g/mol. The number of fused-ring (bicyclic) bond motifs is 2. The van der Waals surface area contributed by atoms with E-state index in [9.17, 15) is 14.3 Å². The van der Waals surface area contributed by atoms with Crippen LogP contribution in [0.2, 0.25) is 0 Å². The molecule has 6 rings (SSSR count). The Labute approximate surface area is 207 Å². The Hall–Kier alpha value is -3.40. The number of benzene rings is 1. The van der Waals surface area contributed by atoms with E-state index in [4.69, 9.17) is 0 Å². The quantitative estimate of drug-likeness (QED) is 0.525. The van der Waals surface area contributed by atoms with E-state index in [1.165, 1.54) is 25.2 Å². The molecule has 8 nitrogen and oxygen atoms in total. The lowest BCUT2D eigenvalue weighted by molar-refractivity contribution is 0.104. The van der Waals surface area contributed by atoms with Crippen LogP contribution in [0.15, 0.2) is 41.3 Å². The summed E-state index contributed by atoms with van der Waals surface area (Å²) < 4.78 is 30.3. The smallest absolute Gasteiger partial charge is 0.253 e. The zero-order valence-electron chi connectivity index (χ0n) is 19.9. The molecule has 4 heterocycles.